The molecular formula is C144H96N4. The van der Waals surface area contributed by atoms with Crippen LogP contribution in [0.5, 0.6) is 0 Å². The highest BCUT2D eigenvalue weighted by molar-refractivity contribution is 6.15. The van der Waals surface area contributed by atoms with Gasteiger partial charge in [0.15, 0.2) is 0 Å². The molecule has 0 bridgehead atoms. The monoisotopic (exact) mass is 1880 g/mol. The molecule has 0 aliphatic rings. The largest absolute Gasteiger partial charge is 0.311 e. The van der Waals surface area contributed by atoms with E-state index in [-0.39, 0.29) is 0 Å². The Bertz CT molecular complexity index is 9390. The molecule has 0 aliphatic heterocycles. The first-order chi connectivity index (χ1) is 73.3. The lowest BCUT2D eigenvalue weighted by atomic mass is 9.93. The molecular weight excluding hydrogens is 1790 g/mol. The van der Waals surface area contributed by atoms with Crippen LogP contribution in [0, 0.1) is 0 Å². The van der Waals surface area contributed by atoms with Crippen LogP contribution >= 0.6 is 0 Å². The fourth-order valence-corrected chi connectivity index (χ4v) is 21.5. The Balaban J connectivity index is 0.000000113. The number of anilines is 3. The number of benzene rings is 25. The highest BCUT2D eigenvalue weighted by Crippen LogP contribution is 2.46. The molecule has 148 heavy (non-hydrogen) atoms. The van der Waals surface area contributed by atoms with E-state index in [0.29, 0.717) is 0 Å². The van der Waals surface area contributed by atoms with Gasteiger partial charge < -0.3 is 9.47 Å². The lowest BCUT2D eigenvalue weighted by Crippen LogP contribution is -2.09. The van der Waals surface area contributed by atoms with E-state index in [1.54, 1.807) is 0 Å². The summed E-state index contributed by atoms with van der Waals surface area (Å²) in [5.74, 6) is 0. The van der Waals surface area contributed by atoms with Crippen LogP contribution in [0.15, 0.2) is 582 Å². The van der Waals surface area contributed by atoms with Crippen LogP contribution in [0.1, 0.15) is 0 Å². The minimum atomic E-state index is 0.904. The van der Waals surface area contributed by atoms with Crippen molar-refractivity contribution in [1.29, 1.82) is 0 Å². The summed E-state index contributed by atoms with van der Waals surface area (Å²) < 4.78 is 2.39. The predicted octanol–water partition coefficient (Wildman–Crippen LogP) is 39.6. The summed E-state index contributed by atoms with van der Waals surface area (Å²) in [5.41, 5.74) is 36.8. The van der Waals surface area contributed by atoms with Gasteiger partial charge in [0.1, 0.15) is 0 Å². The molecule has 25 aromatic carbocycles. The predicted molar refractivity (Wildman–Crippen MR) is 629 cm³/mol. The summed E-state index contributed by atoms with van der Waals surface area (Å²) in [4.78, 5) is 13.2. The topological polar surface area (TPSA) is 34.0 Å². The van der Waals surface area contributed by atoms with Gasteiger partial charge in [-0.3, -0.25) is 0 Å². The number of nitrogens with zero attached hydrogens (tertiary/aromatic N) is 4. The van der Waals surface area contributed by atoms with Gasteiger partial charge in [-0.2, -0.15) is 0 Å². The Morgan fingerprint density at radius 1 is 0.135 bits per heavy atom. The van der Waals surface area contributed by atoms with Gasteiger partial charge in [-0.25, -0.2) is 9.97 Å². The van der Waals surface area contributed by atoms with Crippen molar-refractivity contribution in [2.24, 2.45) is 0 Å². The van der Waals surface area contributed by atoms with E-state index >= 15 is 0 Å². The van der Waals surface area contributed by atoms with Gasteiger partial charge in [-0.15, -0.1) is 0 Å². The van der Waals surface area contributed by atoms with Crippen molar-refractivity contribution in [2.45, 2.75) is 0 Å². The van der Waals surface area contributed by atoms with Crippen LogP contribution in [-0.4, -0.2) is 14.5 Å². The Morgan fingerprint density at radius 3 is 0.655 bits per heavy atom. The van der Waals surface area contributed by atoms with Crippen molar-refractivity contribution >= 4 is 125 Å². The smallest absolute Gasteiger partial charge is 0.0978 e. The number of hydrogen-bond donors (Lipinski definition) is 0. The van der Waals surface area contributed by atoms with Crippen LogP contribution in [-0.2, 0) is 0 Å². The maximum atomic E-state index is 5.42. The van der Waals surface area contributed by atoms with Crippen molar-refractivity contribution in [2.75, 3.05) is 4.90 Å². The zero-order chi connectivity index (χ0) is 98.2. The molecule has 4 heteroatoms. The lowest BCUT2D eigenvalue weighted by molar-refractivity contribution is 1.18. The average Bonchev–Trinajstić information content (AvgIpc) is 1.28. The Hall–Kier alpha value is -19.5. The SMILES string of the molecule is c1ccc(-c2cc(-c3ccc4ccccc4c3)nc3c2ccc2c(-c4ccccc4)cc(-c4ccc5ccccc5c4)nc23)cc1.c1ccc(-c2ccc(N(c3ccc(-c4ccccc4)cc3)c3ccc(-c4ccc5ccc(-c6ccc7ccccc7c6)cc5c4)cc3)cc2)cc1.c1ccc(-n2c3ccc(-c4ccc(-c5ccc6ccccc6c5)cc4)cc3c3cc(-c4ccc(-c5ccc6ccccc6c5)cc4)ccc32)cc1. The molecule has 0 spiro atoms. The molecule has 0 fully saturated rings. The van der Waals surface area contributed by atoms with E-state index in [2.05, 4.69) is 592 Å². The van der Waals surface area contributed by atoms with Crippen molar-refractivity contribution in [1.82, 2.24) is 14.5 Å². The van der Waals surface area contributed by atoms with Crippen LogP contribution < -0.4 is 4.90 Å². The minimum absolute atomic E-state index is 0.904. The van der Waals surface area contributed by atoms with Gasteiger partial charge in [0.25, 0.3) is 0 Å². The Labute approximate surface area is 860 Å². The second-order valence-corrected chi connectivity index (χ2v) is 38.3. The van der Waals surface area contributed by atoms with Gasteiger partial charge >= 0.3 is 0 Å². The van der Waals surface area contributed by atoms with Crippen molar-refractivity contribution < 1.29 is 0 Å². The number of para-hydroxylation sites is 1. The number of fused-ring (bicyclic) bond motifs is 12. The molecule has 692 valence electrons. The van der Waals surface area contributed by atoms with Gasteiger partial charge in [0, 0.05) is 55.4 Å². The zero-order valence-electron chi connectivity index (χ0n) is 81.2. The summed E-state index contributed by atoms with van der Waals surface area (Å²) in [6, 6.07) is 210. The van der Waals surface area contributed by atoms with E-state index in [1.807, 2.05) is 0 Å². The highest BCUT2D eigenvalue weighted by Gasteiger charge is 2.23. The van der Waals surface area contributed by atoms with Gasteiger partial charge in [-0.1, -0.05) is 455 Å². The molecule has 0 radical (unpaired) electrons. The summed E-state index contributed by atoms with van der Waals surface area (Å²) >= 11 is 0. The molecule has 3 heterocycles. The van der Waals surface area contributed by atoms with E-state index in [0.717, 1.165) is 89.3 Å². The van der Waals surface area contributed by atoms with E-state index in [9.17, 15) is 0 Å². The number of hydrogen-bond acceptors (Lipinski definition) is 3. The molecule has 3 aromatic heterocycles. The molecule has 0 N–H and O–H groups in total. The van der Waals surface area contributed by atoms with E-state index < -0.39 is 0 Å². The van der Waals surface area contributed by atoms with Gasteiger partial charge in [0.05, 0.1) is 33.5 Å². The molecule has 4 nitrogen and oxygen atoms in total. The molecule has 28 aromatic rings. The maximum absolute atomic E-state index is 5.42. The standard InChI is InChI=1S/C50H33N.C50H35N.C44H28N2/c1-2-12-46(13-3-1)51-49-28-26-44(38-18-14-36(15-19-38)42-24-22-34-8-4-6-10-40(34)30-42)32-47(49)48-33-45(27-29-50(48)51)39-20-16-37(17-21-39)43-25-23-35-9-5-7-11-41(35)31-43;1-3-9-36(10-4-1)39-21-27-48(28-22-39)51(49-29-23-40(24-30-49)37-11-5-2-6-12-37)50-31-25-41(26-32-50)44-18-16-42-17-20-46(35-47(42)34-44)45-19-15-38-13-7-8-14-43(38)33-45;1-3-13-31(14-4-1)39-27-41(35-21-19-29-11-7-9-17-33(29)25-35)45-43-37(39)23-24-38-40(32-15-5-2-6-16-32)28-42(46-44(38)43)36-22-20-30-12-8-10-18-34(30)26-36/h1-33H;1-35H;1-28H. The highest BCUT2D eigenvalue weighted by atomic mass is 15.1. The van der Waals surface area contributed by atoms with E-state index in [4.69, 9.17) is 9.97 Å². The fraction of sp³-hybridized carbons (Fsp3) is 0. The molecule has 0 aliphatic carbocycles. The molecule has 0 atom stereocenters. The normalized spacial score (nSPS) is 11.4. The Morgan fingerprint density at radius 2 is 0.345 bits per heavy atom. The molecule has 0 unspecified atom stereocenters. The lowest BCUT2D eigenvalue weighted by Gasteiger charge is -2.26. The summed E-state index contributed by atoms with van der Waals surface area (Å²) in [7, 11) is 0. The summed E-state index contributed by atoms with van der Waals surface area (Å²) in [5, 5.41) is 19.6. The van der Waals surface area contributed by atoms with Crippen LogP contribution in [0.2, 0.25) is 0 Å². The zero-order valence-corrected chi connectivity index (χ0v) is 81.2. The maximum Gasteiger partial charge on any atom is 0.0978 e. The van der Waals surface area contributed by atoms with E-state index in [1.165, 1.54) is 175 Å². The number of aromatic nitrogens is 3. The molecule has 0 saturated heterocycles. The van der Waals surface area contributed by atoms with Crippen molar-refractivity contribution in [3.8, 4) is 139 Å². The van der Waals surface area contributed by atoms with Crippen molar-refractivity contribution in [3.05, 3.63) is 582 Å². The van der Waals surface area contributed by atoms with Crippen molar-refractivity contribution in [3.63, 3.8) is 0 Å². The number of rotatable bonds is 16. The second kappa shape index (κ2) is 39.1. The second-order valence-electron chi connectivity index (χ2n) is 38.3. The van der Waals surface area contributed by atoms with Gasteiger partial charge in [-0.05, 0) is 303 Å². The Kier molecular flexibility index (Phi) is 23.4. The molecule has 28 rings (SSSR count). The van der Waals surface area contributed by atoms with Gasteiger partial charge in [0.2, 0.25) is 0 Å². The first kappa shape index (κ1) is 88.6. The third-order valence-corrected chi connectivity index (χ3v) is 29.2. The third kappa shape index (κ3) is 17.7. The molecule has 0 saturated carbocycles. The fourth-order valence-electron chi connectivity index (χ4n) is 21.5. The molecule has 0 amide bonds. The summed E-state index contributed by atoms with van der Waals surface area (Å²) in [6.45, 7) is 0. The summed E-state index contributed by atoms with van der Waals surface area (Å²) in [6.07, 6.45) is 0. The van der Waals surface area contributed by atoms with Crippen LogP contribution in [0.3, 0.4) is 0 Å². The number of pyridine rings is 2. The first-order valence-electron chi connectivity index (χ1n) is 50.7. The first-order valence-corrected chi connectivity index (χ1v) is 50.7. The minimum Gasteiger partial charge on any atom is -0.311 e. The average molecular weight is 1880 g/mol. The quantitative estimate of drug-likeness (QED) is 0.0904. The van der Waals surface area contributed by atoms with Crippen LogP contribution in [0.4, 0.5) is 17.1 Å². The van der Waals surface area contributed by atoms with Crippen LogP contribution in [0.25, 0.3) is 248 Å². The third-order valence-electron chi connectivity index (χ3n) is 29.2.